The van der Waals surface area contributed by atoms with Crippen molar-refractivity contribution in [3.63, 3.8) is 0 Å². The maximum Gasteiger partial charge on any atom is 0.215 e. The summed E-state index contributed by atoms with van der Waals surface area (Å²) < 4.78 is 64.1. The molecule has 0 aliphatic rings. The summed E-state index contributed by atoms with van der Waals surface area (Å²) in [4.78, 5) is 13.6. The van der Waals surface area contributed by atoms with Gasteiger partial charge in [-0.05, 0) is 69.2 Å². The van der Waals surface area contributed by atoms with Crippen LogP contribution < -0.4 is 4.74 Å². The zero-order valence-electron chi connectivity index (χ0n) is 22.4. The van der Waals surface area contributed by atoms with Gasteiger partial charge in [-0.2, -0.15) is 10.2 Å². The normalized spacial score (nSPS) is 11.4. The van der Waals surface area contributed by atoms with Crippen molar-refractivity contribution in [3.8, 4) is 5.88 Å². The highest BCUT2D eigenvalue weighted by Crippen LogP contribution is 2.27. The fourth-order valence-electron chi connectivity index (χ4n) is 4.81. The van der Waals surface area contributed by atoms with Gasteiger partial charge < -0.3 is 4.74 Å². The molecule has 0 unspecified atom stereocenters. The standard InChI is InChI=1S/C30H26F4N4O2/c1-16-11-26-29(18(3)36-38(26)28(12-16)40-15-23-24(32)9-10-25(33)30(23)34)27(39)13-22-17(2)35-37(19(22)4)14-20-5-7-21(31)8-6-20/h5-12H,13-15H2,1-4H3. The maximum atomic E-state index is 14.2. The van der Waals surface area contributed by atoms with Gasteiger partial charge in [-0.15, -0.1) is 0 Å². The van der Waals surface area contributed by atoms with Gasteiger partial charge in [0.1, 0.15) is 18.2 Å². The number of hydrogen-bond acceptors (Lipinski definition) is 4. The van der Waals surface area contributed by atoms with Crippen LogP contribution in [0.15, 0.2) is 48.5 Å². The predicted molar refractivity (Wildman–Crippen MR) is 141 cm³/mol. The topological polar surface area (TPSA) is 61.4 Å². The molecule has 3 aromatic heterocycles. The first-order chi connectivity index (χ1) is 19.0. The molecule has 0 spiro atoms. The van der Waals surface area contributed by atoms with Gasteiger partial charge in [-0.3, -0.25) is 9.48 Å². The Morgan fingerprint density at radius 2 is 1.55 bits per heavy atom. The Hall–Kier alpha value is -4.47. The molecule has 0 amide bonds. The van der Waals surface area contributed by atoms with E-state index in [2.05, 4.69) is 10.2 Å². The molecule has 0 saturated heterocycles. The molecule has 2 aromatic carbocycles. The van der Waals surface area contributed by atoms with Crippen LogP contribution in [0.3, 0.4) is 0 Å². The highest BCUT2D eigenvalue weighted by Gasteiger charge is 2.23. The Morgan fingerprint density at radius 3 is 2.27 bits per heavy atom. The van der Waals surface area contributed by atoms with Crippen molar-refractivity contribution in [2.75, 3.05) is 0 Å². The number of carbonyl (C=O) groups is 1. The quantitative estimate of drug-likeness (QED) is 0.128. The van der Waals surface area contributed by atoms with Gasteiger partial charge in [-0.1, -0.05) is 12.1 Å². The predicted octanol–water partition coefficient (Wildman–Crippen LogP) is 6.37. The Labute approximate surface area is 227 Å². The SMILES string of the molecule is Cc1cc(OCc2c(F)ccc(F)c2F)n2nc(C)c(C(=O)Cc3c(C)nn(Cc4ccc(F)cc4)c3C)c2c1. The van der Waals surface area contributed by atoms with E-state index in [1.807, 2.05) is 13.8 Å². The lowest BCUT2D eigenvalue weighted by atomic mass is 10.0. The van der Waals surface area contributed by atoms with Gasteiger partial charge >= 0.3 is 0 Å². The maximum absolute atomic E-state index is 14.2. The van der Waals surface area contributed by atoms with E-state index in [1.54, 1.807) is 42.8 Å². The number of ether oxygens (including phenoxy) is 1. The number of aryl methyl sites for hydroxylation is 3. The number of benzene rings is 2. The van der Waals surface area contributed by atoms with E-state index in [-0.39, 0.29) is 23.9 Å². The van der Waals surface area contributed by atoms with Crippen LogP contribution in [0.25, 0.3) is 5.52 Å². The molecule has 0 saturated carbocycles. The monoisotopic (exact) mass is 550 g/mol. The average Bonchev–Trinajstić information content (AvgIpc) is 3.37. The van der Waals surface area contributed by atoms with E-state index in [1.165, 1.54) is 16.6 Å². The number of ketones is 1. The number of fused-ring (bicyclic) bond motifs is 1. The van der Waals surface area contributed by atoms with E-state index >= 15 is 0 Å². The summed E-state index contributed by atoms with van der Waals surface area (Å²) >= 11 is 0. The molecule has 0 radical (unpaired) electrons. The van der Waals surface area contributed by atoms with Gasteiger partial charge in [0, 0.05) is 23.7 Å². The second-order valence-electron chi connectivity index (χ2n) is 9.77. The molecule has 5 rings (SSSR count). The van der Waals surface area contributed by atoms with Crippen molar-refractivity contribution in [1.29, 1.82) is 0 Å². The molecule has 0 bridgehead atoms. The minimum absolute atomic E-state index is 0.0765. The highest BCUT2D eigenvalue weighted by molar-refractivity contribution is 6.04. The number of aromatic nitrogens is 4. The van der Waals surface area contributed by atoms with Crippen LogP contribution in [0.4, 0.5) is 17.6 Å². The van der Waals surface area contributed by atoms with Crippen LogP contribution in [-0.2, 0) is 19.6 Å². The van der Waals surface area contributed by atoms with Crippen LogP contribution in [-0.4, -0.2) is 25.2 Å². The molecule has 0 aliphatic heterocycles. The Bertz CT molecular complexity index is 1760. The lowest BCUT2D eigenvalue weighted by Gasteiger charge is -2.11. The molecular formula is C30H26F4N4O2. The van der Waals surface area contributed by atoms with Crippen molar-refractivity contribution in [2.24, 2.45) is 0 Å². The van der Waals surface area contributed by atoms with Gasteiger partial charge in [-0.25, -0.2) is 22.1 Å². The molecule has 3 heterocycles. The van der Waals surface area contributed by atoms with Crippen LogP contribution >= 0.6 is 0 Å². The lowest BCUT2D eigenvalue weighted by molar-refractivity contribution is 0.0993. The third-order valence-corrected chi connectivity index (χ3v) is 6.92. The second kappa shape index (κ2) is 10.6. The van der Waals surface area contributed by atoms with Crippen molar-refractivity contribution >= 4 is 11.3 Å². The Kier molecular flexibility index (Phi) is 7.18. The first-order valence-electron chi connectivity index (χ1n) is 12.6. The number of rotatable bonds is 8. The summed E-state index contributed by atoms with van der Waals surface area (Å²) in [6.45, 7) is 7.07. The number of nitrogens with zero attached hydrogens (tertiary/aromatic N) is 4. The van der Waals surface area contributed by atoms with Crippen molar-refractivity contribution in [1.82, 2.24) is 19.4 Å². The molecule has 0 aliphatic carbocycles. The average molecular weight is 551 g/mol. The second-order valence-corrected chi connectivity index (χ2v) is 9.77. The third kappa shape index (κ3) is 5.09. The van der Waals surface area contributed by atoms with Crippen LogP contribution in [0, 0.1) is 51.0 Å². The van der Waals surface area contributed by atoms with Gasteiger partial charge in [0.2, 0.25) is 5.88 Å². The first kappa shape index (κ1) is 27.1. The molecule has 10 heteroatoms. The molecule has 0 atom stereocenters. The van der Waals surface area contributed by atoms with Crippen molar-refractivity contribution in [2.45, 2.75) is 47.3 Å². The van der Waals surface area contributed by atoms with E-state index in [4.69, 9.17) is 4.74 Å². The summed E-state index contributed by atoms with van der Waals surface area (Å²) in [6, 6.07) is 11.1. The summed E-state index contributed by atoms with van der Waals surface area (Å²) in [7, 11) is 0. The fraction of sp³-hybridized carbons (Fsp3) is 0.233. The number of carbonyl (C=O) groups excluding carboxylic acids is 1. The minimum atomic E-state index is -1.32. The number of Topliss-reactive ketones (excluding diaryl/α,β-unsaturated/α-hetero) is 1. The Morgan fingerprint density at radius 1 is 0.850 bits per heavy atom. The molecule has 40 heavy (non-hydrogen) atoms. The zero-order valence-corrected chi connectivity index (χ0v) is 22.4. The molecule has 6 nitrogen and oxygen atoms in total. The zero-order chi connectivity index (χ0) is 28.7. The van der Waals surface area contributed by atoms with Crippen molar-refractivity contribution < 1.29 is 27.1 Å². The molecule has 0 N–H and O–H groups in total. The van der Waals surface area contributed by atoms with Gasteiger partial charge in [0.15, 0.2) is 17.4 Å². The fourth-order valence-corrected chi connectivity index (χ4v) is 4.81. The number of pyridine rings is 1. The van der Waals surface area contributed by atoms with Gasteiger partial charge in [0.25, 0.3) is 0 Å². The van der Waals surface area contributed by atoms with E-state index in [0.29, 0.717) is 35.1 Å². The lowest BCUT2D eigenvalue weighted by Crippen LogP contribution is -2.09. The van der Waals surface area contributed by atoms with Crippen LogP contribution in [0.2, 0.25) is 0 Å². The summed E-state index contributed by atoms with van der Waals surface area (Å²) in [5.74, 6) is -3.77. The van der Waals surface area contributed by atoms with E-state index < -0.39 is 29.6 Å². The van der Waals surface area contributed by atoms with E-state index in [0.717, 1.165) is 28.5 Å². The summed E-state index contributed by atoms with van der Waals surface area (Å²) in [5, 5.41) is 9.05. The number of halogens is 4. The van der Waals surface area contributed by atoms with Crippen molar-refractivity contribution in [3.05, 3.63) is 117 Å². The molecule has 0 fully saturated rings. The van der Waals surface area contributed by atoms with Gasteiger partial charge in [0.05, 0.1) is 34.6 Å². The minimum Gasteiger partial charge on any atom is -0.473 e. The van der Waals surface area contributed by atoms with E-state index in [9.17, 15) is 22.4 Å². The molecule has 206 valence electrons. The largest absolute Gasteiger partial charge is 0.473 e. The first-order valence-corrected chi connectivity index (χ1v) is 12.6. The smallest absolute Gasteiger partial charge is 0.215 e. The molecular weight excluding hydrogens is 524 g/mol. The molecule has 5 aromatic rings. The van der Waals surface area contributed by atoms with Crippen LogP contribution in [0.1, 0.15) is 49.7 Å². The Balaban J connectivity index is 1.43. The summed E-state index contributed by atoms with van der Waals surface area (Å²) in [6.07, 6.45) is 0.0765. The highest BCUT2D eigenvalue weighted by atomic mass is 19.2. The third-order valence-electron chi connectivity index (χ3n) is 6.92. The summed E-state index contributed by atoms with van der Waals surface area (Å²) in [5.41, 5.74) is 4.71. The van der Waals surface area contributed by atoms with Crippen LogP contribution in [0.5, 0.6) is 5.88 Å². The number of hydrogen-bond donors (Lipinski definition) is 0.